The van der Waals surface area contributed by atoms with E-state index in [-0.39, 0.29) is 11.9 Å². The first-order valence-electron chi connectivity index (χ1n) is 6.66. The Kier molecular flexibility index (Phi) is 4.62. The van der Waals surface area contributed by atoms with Crippen molar-refractivity contribution in [2.45, 2.75) is 19.9 Å². The number of anilines is 1. The van der Waals surface area contributed by atoms with Gasteiger partial charge in [-0.05, 0) is 38.1 Å². The molecule has 0 amide bonds. The van der Waals surface area contributed by atoms with Gasteiger partial charge in [0.15, 0.2) is 0 Å². The van der Waals surface area contributed by atoms with Crippen LogP contribution in [0.4, 0.5) is 10.1 Å². The van der Waals surface area contributed by atoms with Crippen LogP contribution in [0, 0.1) is 5.82 Å². The summed E-state index contributed by atoms with van der Waals surface area (Å²) in [6, 6.07) is 6.14. The van der Waals surface area contributed by atoms with Crippen LogP contribution < -0.4 is 9.62 Å². The van der Waals surface area contributed by atoms with E-state index in [9.17, 15) is 12.8 Å². The molecule has 20 heavy (non-hydrogen) atoms. The molecule has 0 unspecified atom stereocenters. The molecule has 112 valence electrons. The van der Waals surface area contributed by atoms with Gasteiger partial charge in [-0.3, -0.25) is 0 Å². The maximum atomic E-state index is 12.9. The lowest BCUT2D eigenvalue weighted by Gasteiger charge is -2.35. The summed E-state index contributed by atoms with van der Waals surface area (Å²) < 4.78 is 41.0. The fourth-order valence-corrected chi connectivity index (χ4v) is 3.60. The Bertz CT molecular complexity index is 537. The largest absolute Gasteiger partial charge is 0.369 e. The molecule has 0 bridgehead atoms. The van der Waals surface area contributed by atoms with Crippen LogP contribution in [0.15, 0.2) is 24.3 Å². The molecular weight excluding hydrogens is 281 g/mol. The summed E-state index contributed by atoms with van der Waals surface area (Å²) in [6.07, 6.45) is 0. The lowest BCUT2D eigenvalue weighted by Crippen LogP contribution is -2.53. The van der Waals surface area contributed by atoms with E-state index >= 15 is 0 Å². The van der Waals surface area contributed by atoms with Gasteiger partial charge in [0.05, 0.1) is 0 Å². The number of hydrogen-bond acceptors (Lipinski definition) is 3. The number of hydrogen-bond donors (Lipinski definition) is 1. The summed E-state index contributed by atoms with van der Waals surface area (Å²) in [7, 11) is -3.40. The van der Waals surface area contributed by atoms with Crippen LogP contribution in [0.3, 0.4) is 0 Å². The van der Waals surface area contributed by atoms with Crippen molar-refractivity contribution in [3.63, 3.8) is 0 Å². The molecule has 1 aromatic rings. The Hall–Kier alpha value is -1.18. The second-order valence-electron chi connectivity index (χ2n) is 5.14. The zero-order valence-corrected chi connectivity index (χ0v) is 12.5. The number of rotatable bonds is 4. The van der Waals surface area contributed by atoms with E-state index in [1.165, 1.54) is 16.4 Å². The first-order chi connectivity index (χ1) is 9.38. The third-order valence-electron chi connectivity index (χ3n) is 3.15. The summed E-state index contributed by atoms with van der Waals surface area (Å²) in [4.78, 5) is 2.06. The first kappa shape index (κ1) is 15.2. The fourth-order valence-electron chi connectivity index (χ4n) is 2.21. The third-order valence-corrected chi connectivity index (χ3v) is 4.97. The molecule has 1 aromatic carbocycles. The summed E-state index contributed by atoms with van der Waals surface area (Å²) in [6.45, 7) is 5.66. The average Bonchev–Trinajstić information content (AvgIpc) is 2.38. The Labute approximate surface area is 119 Å². The molecule has 1 heterocycles. The molecule has 1 N–H and O–H groups in total. The number of halogens is 1. The van der Waals surface area contributed by atoms with Gasteiger partial charge in [0.1, 0.15) is 5.82 Å². The van der Waals surface area contributed by atoms with E-state index in [1.807, 2.05) is 0 Å². The number of benzene rings is 1. The minimum atomic E-state index is -3.40. The molecule has 7 heteroatoms. The molecule has 1 fully saturated rings. The minimum absolute atomic E-state index is 0.116. The van der Waals surface area contributed by atoms with Gasteiger partial charge in [0, 0.05) is 37.9 Å². The Morgan fingerprint density at radius 1 is 1.10 bits per heavy atom. The fraction of sp³-hybridized carbons (Fsp3) is 0.538. The highest BCUT2D eigenvalue weighted by Gasteiger charge is 2.27. The Balaban J connectivity index is 1.97. The quantitative estimate of drug-likeness (QED) is 0.909. The molecule has 0 aliphatic carbocycles. The van der Waals surface area contributed by atoms with E-state index in [4.69, 9.17) is 0 Å². The van der Waals surface area contributed by atoms with Gasteiger partial charge in [-0.2, -0.15) is 17.4 Å². The zero-order valence-electron chi connectivity index (χ0n) is 11.7. The topological polar surface area (TPSA) is 52.7 Å². The first-order valence-corrected chi connectivity index (χ1v) is 8.10. The second-order valence-corrected chi connectivity index (χ2v) is 6.84. The standard InChI is InChI=1S/C13H20FN3O2S/c1-11(2)15-20(18,19)17-9-7-16(8-10-17)13-5-3-12(14)4-6-13/h3-6,11,15H,7-10H2,1-2H3. The van der Waals surface area contributed by atoms with Crippen molar-refractivity contribution in [3.8, 4) is 0 Å². The Morgan fingerprint density at radius 2 is 1.65 bits per heavy atom. The van der Waals surface area contributed by atoms with Crippen LogP contribution in [0.25, 0.3) is 0 Å². The van der Waals surface area contributed by atoms with Gasteiger partial charge in [-0.25, -0.2) is 4.39 Å². The van der Waals surface area contributed by atoms with E-state index < -0.39 is 10.2 Å². The predicted octanol–water partition coefficient (Wildman–Crippen LogP) is 1.19. The summed E-state index contributed by atoms with van der Waals surface area (Å²) in [5.41, 5.74) is 0.917. The average molecular weight is 301 g/mol. The highest BCUT2D eigenvalue weighted by molar-refractivity contribution is 7.87. The van der Waals surface area contributed by atoms with Crippen LogP contribution in [-0.4, -0.2) is 44.9 Å². The molecule has 1 aliphatic heterocycles. The smallest absolute Gasteiger partial charge is 0.279 e. The van der Waals surface area contributed by atoms with Crippen molar-refractivity contribution in [2.24, 2.45) is 0 Å². The molecule has 0 spiro atoms. The second kappa shape index (κ2) is 6.07. The monoisotopic (exact) mass is 301 g/mol. The SMILES string of the molecule is CC(C)NS(=O)(=O)N1CCN(c2ccc(F)cc2)CC1. The summed E-state index contributed by atoms with van der Waals surface area (Å²) >= 11 is 0. The van der Waals surface area contributed by atoms with Crippen molar-refractivity contribution in [2.75, 3.05) is 31.1 Å². The van der Waals surface area contributed by atoms with E-state index in [0.717, 1.165) is 5.69 Å². The van der Waals surface area contributed by atoms with Gasteiger partial charge in [-0.1, -0.05) is 0 Å². The number of piperazine rings is 1. The summed E-state index contributed by atoms with van der Waals surface area (Å²) in [5, 5.41) is 0. The zero-order chi connectivity index (χ0) is 14.8. The van der Waals surface area contributed by atoms with Crippen LogP contribution in [0.5, 0.6) is 0 Å². The van der Waals surface area contributed by atoms with E-state index in [2.05, 4.69) is 9.62 Å². The van der Waals surface area contributed by atoms with E-state index in [0.29, 0.717) is 26.2 Å². The number of nitrogens with zero attached hydrogens (tertiary/aromatic N) is 2. The maximum Gasteiger partial charge on any atom is 0.279 e. The lowest BCUT2D eigenvalue weighted by atomic mass is 10.2. The van der Waals surface area contributed by atoms with Crippen LogP contribution in [0.2, 0.25) is 0 Å². The van der Waals surface area contributed by atoms with Gasteiger partial charge in [-0.15, -0.1) is 0 Å². The van der Waals surface area contributed by atoms with Gasteiger partial charge in [0.2, 0.25) is 0 Å². The number of nitrogens with one attached hydrogen (secondary N) is 1. The highest BCUT2D eigenvalue weighted by Crippen LogP contribution is 2.17. The van der Waals surface area contributed by atoms with Crippen molar-refractivity contribution >= 4 is 15.9 Å². The molecule has 0 aromatic heterocycles. The molecule has 0 radical (unpaired) electrons. The molecule has 0 saturated carbocycles. The molecule has 0 atom stereocenters. The van der Waals surface area contributed by atoms with Gasteiger partial charge >= 0.3 is 0 Å². The molecule has 1 saturated heterocycles. The molecular formula is C13H20FN3O2S. The summed E-state index contributed by atoms with van der Waals surface area (Å²) in [5.74, 6) is -0.268. The van der Waals surface area contributed by atoms with E-state index in [1.54, 1.807) is 26.0 Å². The molecule has 5 nitrogen and oxygen atoms in total. The van der Waals surface area contributed by atoms with Gasteiger partial charge < -0.3 is 4.90 Å². The predicted molar refractivity (Wildman–Crippen MR) is 77.4 cm³/mol. The minimum Gasteiger partial charge on any atom is -0.369 e. The van der Waals surface area contributed by atoms with Crippen molar-refractivity contribution in [1.29, 1.82) is 0 Å². The lowest BCUT2D eigenvalue weighted by molar-refractivity contribution is 0.375. The van der Waals surface area contributed by atoms with Crippen LogP contribution in [-0.2, 0) is 10.2 Å². The van der Waals surface area contributed by atoms with Crippen LogP contribution >= 0.6 is 0 Å². The van der Waals surface area contributed by atoms with Gasteiger partial charge in [0.25, 0.3) is 10.2 Å². The van der Waals surface area contributed by atoms with Crippen molar-refractivity contribution in [3.05, 3.63) is 30.1 Å². The van der Waals surface area contributed by atoms with Crippen molar-refractivity contribution in [1.82, 2.24) is 9.03 Å². The van der Waals surface area contributed by atoms with Crippen LogP contribution in [0.1, 0.15) is 13.8 Å². The molecule has 1 aliphatic rings. The maximum absolute atomic E-state index is 12.9. The third kappa shape index (κ3) is 3.68. The van der Waals surface area contributed by atoms with Crippen molar-refractivity contribution < 1.29 is 12.8 Å². The normalized spacial score (nSPS) is 17.7. The Morgan fingerprint density at radius 3 is 2.15 bits per heavy atom. The highest BCUT2D eigenvalue weighted by atomic mass is 32.2. The molecule has 2 rings (SSSR count).